The van der Waals surface area contributed by atoms with Gasteiger partial charge in [0.2, 0.25) is 11.8 Å². The number of rotatable bonds is 3. The molecule has 8 heteroatoms. The van der Waals surface area contributed by atoms with Crippen LogP contribution in [-0.2, 0) is 9.59 Å². The van der Waals surface area contributed by atoms with Gasteiger partial charge >= 0.3 is 0 Å². The Morgan fingerprint density at radius 1 is 0.909 bits per heavy atom. The van der Waals surface area contributed by atoms with E-state index >= 15 is 0 Å². The second-order valence-corrected chi connectivity index (χ2v) is 10.0. The molecule has 2 fully saturated rings. The fraction of sp³-hybridized carbons (Fsp3) is 0.160. The van der Waals surface area contributed by atoms with Crippen molar-refractivity contribution >= 4 is 63.9 Å². The second kappa shape index (κ2) is 7.55. The number of fused-ring (bicyclic) bond motifs is 5. The molecule has 1 unspecified atom stereocenters. The van der Waals surface area contributed by atoms with Crippen molar-refractivity contribution in [1.29, 1.82) is 0 Å². The highest BCUT2D eigenvalue weighted by molar-refractivity contribution is 7.12. The van der Waals surface area contributed by atoms with Crippen LogP contribution in [0.1, 0.15) is 26.8 Å². The van der Waals surface area contributed by atoms with Gasteiger partial charge in [-0.25, -0.2) is 4.90 Å². The van der Waals surface area contributed by atoms with E-state index < -0.39 is 29.8 Å². The van der Waals surface area contributed by atoms with Gasteiger partial charge in [0.15, 0.2) is 5.78 Å². The Morgan fingerprint density at radius 2 is 1.70 bits per heavy atom. The average Bonchev–Trinajstić information content (AvgIpc) is 3.52. The van der Waals surface area contributed by atoms with Crippen LogP contribution in [-0.4, -0.2) is 28.5 Å². The molecule has 2 saturated heterocycles. The summed E-state index contributed by atoms with van der Waals surface area (Å²) in [7, 11) is 0. The number of hydrogen-bond acceptors (Lipinski definition) is 5. The van der Waals surface area contributed by atoms with E-state index in [9.17, 15) is 14.4 Å². The highest BCUT2D eigenvalue weighted by Gasteiger charge is 2.64. The summed E-state index contributed by atoms with van der Waals surface area (Å²) in [5, 5.41) is 2.43. The monoisotopic (exact) mass is 494 g/mol. The molecule has 33 heavy (non-hydrogen) atoms. The van der Waals surface area contributed by atoms with Gasteiger partial charge < -0.3 is 4.90 Å². The van der Waals surface area contributed by atoms with Gasteiger partial charge in [0.1, 0.15) is 6.04 Å². The predicted molar refractivity (Wildman–Crippen MR) is 128 cm³/mol. The number of nitrogens with zero attached hydrogens (tertiary/aromatic N) is 2. The molecule has 2 aromatic carbocycles. The number of hydrogen-bond donors (Lipinski definition) is 0. The molecule has 0 N–H and O–H groups in total. The number of thiophene rings is 1. The zero-order chi connectivity index (χ0) is 22.9. The smallest absolute Gasteiger partial charge is 0.240 e. The standard InChI is InChI=1S/C25H16Cl2N2O3S/c26-16-8-7-14(12-17(16)27)29-24(31)19-20(25(29)32)22(23(30)18-6-3-11-33-18)28-10-9-13-4-1-2-5-15(13)21(19)28/h1-12,19-22H/t19-,20+,21?,22-/m0/s1. The Labute approximate surface area is 203 Å². The lowest BCUT2D eigenvalue weighted by molar-refractivity contribution is -0.123. The summed E-state index contributed by atoms with van der Waals surface area (Å²) in [6.45, 7) is 0. The van der Waals surface area contributed by atoms with E-state index in [1.807, 2.05) is 52.9 Å². The summed E-state index contributed by atoms with van der Waals surface area (Å²) < 4.78 is 0. The minimum Gasteiger partial charge on any atom is -0.358 e. The molecule has 1 aromatic heterocycles. The molecule has 4 heterocycles. The lowest BCUT2D eigenvalue weighted by Crippen LogP contribution is -2.44. The van der Waals surface area contributed by atoms with Gasteiger partial charge in [-0.3, -0.25) is 14.4 Å². The van der Waals surface area contributed by atoms with Gasteiger partial charge in [-0.05, 0) is 46.8 Å². The Hall–Kier alpha value is -2.93. The van der Waals surface area contributed by atoms with E-state index in [4.69, 9.17) is 23.2 Å². The van der Waals surface area contributed by atoms with Gasteiger partial charge in [0.05, 0.1) is 38.5 Å². The van der Waals surface area contributed by atoms with Crippen LogP contribution in [0.15, 0.2) is 66.2 Å². The van der Waals surface area contributed by atoms with E-state index in [-0.39, 0.29) is 16.7 Å². The van der Waals surface area contributed by atoms with E-state index in [0.29, 0.717) is 15.6 Å². The zero-order valence-electron chi connectivity index (χ0n) is 17.0. The molecule has 4 atom stereocenters. The number of carbonyl (C=O) groups excluding carboxylic acids is 3. The highest BCUT2D eigenvalue weighted by Crippen LogP contribution is 2.54. The van der Waals surface area contributed by atoms with E-state index in [1.165, 1.54) is 22.3 Å². The summed E-state index contributed by atoms with van der Waals surface area (Å²) in [6, 6.07) is 14.9. The van der Waals surface area contributed by atoms with E-state index in [2.05, 4.69) is 0 Å². The first-order valence-corrected chi connectivity index (χ1v) is 12.1. The van der Waals surface area contributed by atoms with Gasteiger partial charge in [-0.15, -0.1) is 11.3 Å². The minimum atomic E-state index is -0.803. The predicted octanol–water partition coefficient (Wildman–Crippen LogP) is 5.45. The fourth-order valence-electron chi connectivity index (χ4n) is 5.30. The molecule has 2 amide bonds. The SMILES string of the molecule is O=C(c1cccs1)[C@@H]1[C@@H]2C(=O)N(c3ccc(Cl)c(Cl)c3)C(=O)[C@@H]2C2c3ccccc3C=CN21. The van der Waals surface area contributed by atoms with Crippen LogP contribution in [0.3, 0.4) is 0 Å². The molecule has 164 valence electrons. The van der Waals surface area contributed by atoms with E-state index in [1.54, 1.807) is 18.2 Å². The third-order valence-corrected chi connectivity index (χ3v) is 8.28. The van der Waals surface area contributed by atoms with Gasteiger partial charge in [-0.2, -0.15) is 0 Å². The minimum absolute atomic E-state index is 0.149. The molecule has 3 aromatic rings. The number of imide groups is 1. The quantitative estimate of drug-likeness (QED) is 0.358. The van der Waals surface area contributed by atoms with Crippen molar-refractivity contribution in [3.05, 3.63) is 92.2 Å². The molecule has 0 aliphatic carbocycles. The van der Waals surface area contributed by atoms with Crippen LogP contribution in [0, 0.1) is 11.8 Å². The van der Waals surface area contributed by atoms with Crippen LogP contribution in [0.25, 0.3) is 6.08 Å². The van der Waals surface area contributed by atoms with Crippen molar-refractivity contribution in [2.45, 2.75) is 12.1 Å². The summed E-state index contributed by atoms with van der Waals surface area (Å²) in [5.74, 6) is -2.36. The van der Waals surface area contributed by atoms with Gasteiger partial charge in [0.25, 0.3) is 0 Å². The number of benzene rings is 2. The third-order valence-electron chi connectivity index (χ3n) is 6.66. The zero-order valence-corrected chi connectivity index (χ0v) is 19.3. The number of halogens is 2. The van der Waals surface area contributed by atoms with Crippen LogP contribution in [0.2, 0.25) is 10.0 Å². The topological polar surface area (TPSA) is 57.7 Å². The molecule has 0 bridgehead atoms. The Kier molecular flexibility index (Phi) is 4.73. The Balaban J connectivity index is 1.51. The first kappa shape index (κ1) is 20.7. The highest BCUT2D eigenvalue weighted by atomic mass is 35.5. The van der Waals surface area contributed by atoms with Crippen LogP contribution >= 0.6 is 34.5 Å². The lowest BCUT2D eigenvalue weighted by atomic mass is 9.84. The molecule has 0 spiro atoms. The maximum absolute atomic E-state index is 13.8. The van der Waals surface area contributed by atoms with E-state index in [0.717, 1.165) is 11.1 Å². The molecule has 0 saturated carbocycles. The normalized spacial score (nSPS) is 25.3. The lowest BCUT2D eigenvalue weighted by Gasteiger charge is -2.35. The number of carbonyl (C=O) groups is 3. The first-order valence-electron chi connectivity index (χ1n) is 10.4. The number of ketones is 1. The second-order valence-electron chi connectivity index (χ2n) is 8.28. The van der Waals surface area contributed by atoms with Gasteiger partial charge in [0, 0.05) is 6.20 Å². The summed E-state index contributed by atoms with van der Waals surface area (Å²) in [6.07, 6.45) is 3.79. The number of amides is 2. The third kappa shape index (κ3) is 2.94. The van der Waals surface area contributed by atoms with Crippen molar-refractivity contribution in [3.63, 3.8) is 0 Å². The Morgan fingerprint density at radius 3 is 2.45 bits per heavy atom. The molecule has 3 aliphatic heterocycles. The summed E-state index contributed by atoms with van der Waals surface area (Å²) in [4.78, 5) is 44.8. The summed E-state index contributed by atoms with van der Waals surface area (Å²) >= 11 is 13.6. The van der Waals surface area contributed by atoms with Gasteiger partial charge in [-0.1, -0.05) is 53.5 Å². The Bertz CT molecular complexity index is 1350. The van der Waals surface area contributed by atoms with Crippen LogP contribution < -0.4 is 4.90 Å². The fourth-order valence-corrected chi connectivity index (χ4v) is 6.29. The maximum Gasteiger partial charge on any atom is 0.240 e. The molecular formula is C25H16Cl2N2O3S. The first-order chi connectivity index (χ1) is 16.0. The average molecular weight is 495 g/mol. The molecule has 3 aliphatic rings. The molecule has 5 nitrogen and oxygen atoms in total. The maximum atomic E-state index is 13.8. The molecule has 6 rings (SSSR count). The largest absolute Gasteiger partial charge is 0.358 e. The van der Waals surface area contributed by atoms with Crippen molar-refractivity contribution in [2.24, 2.45) is 11.8 Å². The molecule has 0 radical (unpaired) electrons. The number of Topliss-reactive ketones (excluding diaryl/α,β-unsaturated/α-hetero) is 1. The van der Waals surface area contributed by atoms with Crippen molar-refractivity contribution in [2.75, 3.05) is 4.90 Å². The number of anilines is 1. The van der Waals surface area contributed by atoms with Crippen molar-refractivity contribution in [1.82, 2.24) is 4.90 Å². The van der Waals surface area contributed by atoms with Crippen molar-refractivity contribution < 1.29 is 14.4 Å². The summed E-state index contributed by atoms with van der Waals surface area (Å²) in [5.41, 5.74) is 2.28. The van der Waals surface area contributed by atoms with Crippen LogP contribution in [0.4, 0.5) is 5.69 Å². The van der Waals surface area contributed by atoms with Crippen molar-refractivity contribution in [3.8, 4) is 0 Å². The molecular weight excluding hydrogens is 479 g/mol. The van der Waals surface area contributed by atoms with Crippen LogP contribution in [0.5, 0.6) is 0 Å².